The number of rotatable bonds is 4. The second kappa shape index (κ2) is 11.1. The molecule has 0 bridgehead atoms. The summed E-state index contributed by atoms with van der Waals surface area (Å²) in [6, 6.07) is -2.05. The SMILES string of the molecule is Fc1c(F)c(F)c([B-](c2cc(C(F)(F)F)cc(C(F)(F)F)c2)(c2cc(C(F)(F)F)cc(C(F)(F)F)c2)[O+]2CCCC2)c(F)c1F. The summed E-state index contributed by atoms with van der Waals surface area (Å²) in [5, 5.41) is 0. The highest BCUT2D eigenvalue weighted by molar-refractivity contribution is 7.07. The Balaban J connectivity index is 2.40. The van der Waals surface area contributed by atoms with E-state index in [0.717, 1.165) is 0 Å². The molecular formula is C26H14BF17O. The lowest BCUT2D eigenvalue weighted by Gasteiger charge is -2.47. The van der Waals surface area contributed by atoms with Gasteiger partial charge >= 0.3 is 31.1 Å². The van der Waals surface area contributed by atoms with E-state index in [1.807, 2.05) is 0 Å². The Kier molecular flexibility index (Phi) is 8.46. The molecule has 0 saturated carbocycles. The minimum Gasteiger partial charge on any atom is -0.660 e. The second-order valence-corrected chi connectivity index (χ2v) is 10.1. The Bertz CT molecular complexity index is 1440. The number of alkyl halides is 12. The van der Waals surface area contributed by atoms with Gasteiger partial charge in [0.1, 0.15) is 11.6 Å². The summed E-state index contributed by atoms with van der Waals surface area (Å²) in [5.74, 6) is -14.3. The Morgan fingerprint density at radius 2 is 0.689 bits per heavy atom. The van der Waals surface area contributed by atoms with Crippen molar-refractivity contribution in [2.75, 3.05) is 13.2 Å². The Morgan fingerprint density at radius 1 is 0.422 bits per heavy atom. The zero-order chi connectivity index (χ0) is 34.1. The van der Waals surface area contributed by atoms with Crippen LogP contribution in [-0.2, 0) is 29.0 Å². The molecular weight excluding hydrogens is 662 g/mol. The van der Waals surface area contributed by atoms with Crippen LogP contribution in [-0.4, -0.2) is 19.6 Å². The van der Waals surface area contributed by atoms with Gasteiger partial charge in [-0.05, 0) is 17.6 Å². The summed E-state index contributed by atoms with van der Waals surface area (Å²) in [7, 11) is 0. The van der Waals surface area contributed by atoms with Gasteiger partial charge in [0, 0.05) is 12.8 Å². The average molecular weight is 676 g/mol. The third-order valence-electron chi connectivity index (χ3n) is 7.37. The van der Waals surface area contributed by atoms with Gasteiger partial charge in [0.2, 0.25) is 0 Å². The smallest absolute Gasteiger partial charge is 0.416 e. The van der Waals surface area contributed by atoms with Gasteiger partial charge in [0.15, 0.2) is 17.5 Å². The van der Waals surface area contributed by atoms with Crippen molar-refractivity contribution in [3.05, 3.63) is 87.7 Å². The van der Waals surface area contributed by atoms with Gasteiger partial charge in [0.05, 0.1) is 35.5 Å². The van der Waals surface area contributed by atoms with Crippen molar-refractivity contribution >= 4 is 22.7 Å². The Labute approximate surface area is 240 Å². The van der Waals surface area contributed by atoms with Gasteiger partial charge in [-0.2, -0.15) is 52.7 Å². The largest absolute Gasteiger partial charge is 0.660 e. The maximum atomic E-state index is 15.6. The molecule has 0 radical (unpaired) electrons. The van der Waals surface area contributed by atoms with E-state index in [0.29, 0.717) is 0 Å². The molecule has 45 heavy (non-hydrogen) atoms. The van der Waals surface area contributed by atoms with Gasteiger partial charge in [-0.3, -0.25) is 0 Å². The van der Waals surface area contributed by atoms with Crippen molar-refractivity contribution in [3.8, 4) is 0 Å². The van der Waals surface area contributed by atoms with E-state index in [-0.39, 0.29) is 37.1 Å². The third-order valence-corrected chi connectivity index (χ3v) is 7.37. The van der Waals surface area contributed by atoms with Gasteiger partial charge in [-0.15, -0.1) is 10.9 Å². The van der Waals surface area contributed by atoms with E-state index >= 15 is 8.78 Å². The summed E-state index contributed by atoms with van der Waals surface area (Å²) in [6.07, 6.45) is -28.2. The fraction of sp³-hybridized carbons (Fsp3) is 0.308. The van der Waals surface area contributed by atoms with Crippen LogP contribution in [0.2, 0.25) is 0 Å². The van der Waals surface area contributed by atoms with Crippen LogP contribution in [0, 0.1) is 29.1 Å². The lowest BCUT2D eigenvalue weighted by atomic mass is 9.27. The van der Waals surface area contributed by atoms with Crippen molar-refractivity contribution in [2.24, 2.45) is 0 Å². The molecule has 0 unspecified atom stereocenters. The van der Waals surface area contributed by atoms with Crippen LogP contribution < -0.4 is 16.4 Å². The first kappa shape index (κ1) is 34.4. The summed E-state index contributed by atoms with van der Waals surface area (Å²) < 4.78 is 243. The van der Waals surface area contributed by atoms with E-state index in [2.05, 4.69) is 0 Å². The molecule has 1 aliphatic rings. The molecule has 246 valence electrons. The highest BCUT2D eigenvalue weighted by Crippen LogP contribution is 2.39. The summed E-state index contributed by atoms with van der Waals surface area (Å²) >= 11 is 0. The van der Waals surface area contributed by atoms with Crippen molar-refractivity contribution < 1.29 is 78.9 Å². The van der Waals surface area contributed by atoms with Crippen LogP contribution in [0.3, 0.4) is 0 Å². The van der Waals surface area contributed by atoms with Crippen LogP contribution in [0.15, 0.2) is 36.4 Å². The van der Waals surface area contributed by atoms with Crippen LogP contribution >= 0.6 is 0 Å². The molecule has 0 atom stereocenters. The second-order valence-electron chi connectivity index (χ2n) is 10.1. The van der Waals surface area contributed by atoms with Gasteiger partial charge in [-0.25, -0.2) is 22.0 Å². The maximum Gasteiger partial charge on any atom is 0.416 e. The zero-order valence-corrected chi connectivity index (χ0v) is 21.7. The molecule has 1 fully saturated rings. The monoisotopic (exact) mass is 676 g/mol. The lowest BCUT2D eigenvalue weighted by molar-refractivity contribution is -0.144. The average Bonchev–Trinajstić information content (AvgIpc) is 3.46. The third kappa shape index (κ3) is 6.06. The zero-order valence-electron chi connectivity index (χ0n) is 21.7. The molecule has 1 saturated heterocycles. The van der Waals surface area contributed by atoms with E-state index < -0.39 is 124 Å². The molecule has 0 amide bonds. The van der Waals surface area contributed by atoms with E-state index in [1.54, 1.807) is 4.28 Å². The molecule has 3 aromatic carbocycles. The predicted octanol–water partition coefficient (Wildman–Crippen LogP) is 7.77. The molecule has 1 heterocycles. The van der Waals surface area contributed by atoms with Crippen LogP contribution in [0.25, 0.3) is 0 Å². The normalized spacial score (nSPS) is 15.7. The fourth-order valence-corrected chi connectivity index (χ4v) is 5.51. The van der Waals surface area contributed by atoms with Crippen LogP contribution in [0.4, 0.5) is 74.6 Å². The molecule has 0 spiro atoms. The summed E-state index contributed by atoms with van der Waals surface area (Å²) in [4.78, 5) is 0. The Hall–Kier alpha value is -3.51. The molecule has 1 nitrogen and oxygen atoms in total. The number of halogens is 17. The lowest BCUT2D eigenvalue weighted by Crippen LogP contribution is -2.75. The number of hydrogen-bond donors (Lipinski definition) is 0. The van der Waals surface area contributed by atoms with E-state index in [4.69, 9.17) is 0 Å². The van der Waals surface area contributed by atoms with E-state index in [1.165, 1.54) is 0 Å². The molecule has 3 aromatic rings. The molecule has 1 aliphatic heterocycles. The standard InChI is InChI=1S/C26H14BF17O/c28-18-17(19(29)21(31)22(32)20(18)30)27(45-3-1-2-4-45,15-7-11(23(33,34)35)5-12(8-15)24(36,37)38)16-9-13(25(39,40)41)6-14(10-16)26(42,43)44/h5-10H,1-4H2. The maximum absolute atomic E-state index is 15.6. The first-order chi connectivity index (χ1) is 20.4. The van der Waals surface area contributed by atoms with Crippen molar-refractivity contribution in [2.45, 2.75) is 37.5 Å². The first-order valence-electron chi connectivity index (χ1n) is 12.4. The topological polar surface area (TPSA) is 2.70 Å². The Morgan fingerprint density at radius 3 is 0.956 bits per heavy atom. The van der Waals surface area contributed by atoms with E-state index in [9.17, 15) is 65.9 Å². The van der Waals surface area contributed by atoms with Crippen LogP contribution in [0.5, 0.6) is 0 Å². The van der Waals surface area contributed by atoms with Crippen molar-refractivity contribution in [1.82, 2.24) is 0 Å². The van der Waals surface area contributed by atoms with Gasteiger partial charge in [0.25, 0.3) is 0 Å². The molecule has 0 aliphatic carbocycles. The summed E-state index contributed by atoms with van der Waals surface area (Å²) in [6.45, 7) is -1.51. The minimum absolute atomic E-state index is 0.181. The van der Waals surface area contributed by atoms with Gasteiger partial charge in [-0.1, -0.05) is 24.3 Å². The highest BCUT2D eigenvalue weighted by Gasteiger charge is 2.54. The quantitative estimate of drug-likeness (QED) is 0.0874. The van der Waals surface area contributed by atoms with Gasteiger partial charge < -0.3 is 4.28 Å². The predicted molar refractivity (Wildman–Crippen MR) is 124 cm³/mol. The first-order valence-corrected chi connectivity index (χ1v) is 12.4. The molecule has 4 rings (SSSR count). The van der Waals surface area contributed by atoms with Crippen LogP contribution in [0.1, 0.15) is 35.1 Å². The molecule has 0 aromatic heterocycles. The highest BCUT2D eigenvalue weighted by atomic mass is 19.4. The number of benzene rings is 3. The number of hydrogen-bond acceptors (Lipinski definition) is 0. The van der Waals surface area contributed by atoms with Crippen molar-refractivity contribution in [3.63, 3.8) is 0 Å². The minimum atomic E-state index is -5.73. The molecule has 0 N–H and O–H groups in total. The van der Waals surface area contributed by atoms with Crippen molar-refractivity contribution in [1.29, 1.82) is 0 Å². The fourth-order valence-electron chi connectivity index (χ4n) is 5.51. The molecule has 19 heteroatoms. The summed E-state index contributed by atoms with van der Waals surface area (Å²) in [5.41, 5.74) is -14.6.